The molecule has 0 amide bonds. The van der Waals surface area contributed by atoms with E-state index in [4.69, 9.17) is 9.47 Å². The average Bonchev–Trinajstić information content (AvgIpc) is 2.67. The lowest BCUT2D eigenvalue weighted by Crippen LogP contribution is -2.59. The second kappa shape index (κ2) is 10.8. The van der Waals surface area contributed by atoms with Crippen LogP contribution in [-0.4, -0.2) is 63.8 Å². The maximum Gasteiger partial charge on any atom is 0.187 e. The van der Waals surface area contributed by atoms with Crippen molar-refractivity contribution in [2.45, 2.75) is 90.7 Å². The predicted molar refractivity (Wildman–Crippen MR) is 117 cm³/mol. The van der Waals surface area contributed by atoms with Gasteiger partial charge >= 0.3 is 0 Å². The standard InChI is InChI=1S/C24H38O6/c1-15(11-12-18-16(2)9-7-13-24(18,4)5)8-6-10-17(3)29-23-22(28)21(27)20(26)19(14-25)30-23/h6,8,10-12,17,19-23,25-28H,7,9,13-14H2,1-5H3/b10-6+,12-11+,15-8+/t17?,19-,20-,21+,22-,23+/m1/s1. The molecule has 1 unspecified atom stereocenters. The van der Waals surface area contributed by atoms with Gasteiger partial charge in [-0.2, -0.15) is 0 Å². The van der Waals surface area contributed by atoms with Gasteiger partial charge in [-0.1, -0.05) is 55.4 Å². The fourth-order valence-corrected chi connectivity index (χ4v) is 4.08. The lowest BCUT2D eigenvalue weighted by Gasteiger charge is -2.40. The van der Waals surface area contributed by atoms with Crippen LogP contribution in [0.1, 0.15) is 53.9 Å². The summed E-state index contributed by atoms with van der Waals surface area (Å²) in [5.74, 6) is 0. The summed E-state index contributed by atoms with van der Waals surface area (Å²) >= 11 is 0. The molecule has 30 heavy (non-hydrogen) atoms. The van der Waals surface area contributed by atoms with Gasteiger partial charge in [0.15, 0.2) is 6.29 Å². The quantitative estimate of drug-likeness (QED) is 0.471. The van der Waals surface area contributed by atoms with Gasteiger partial charge in [0.05, 0.1) is 12.7 Å². The van der Waals surface area contributed by atoms with E-state index >= 15 is 0 Å². The molecule has 2 rings (SSSR count). The molecule has 0 spiro atoms. The van der Waals surface area contributed by atoms with E-state index in [0.29, 0.717) is 0 Å². The zero-order valence-corrected chi connectivity index (χ0v) is 18.8. The molecule has 6 nitrogen and oxygen atoms in total. The van der Waals surface area contributed by atoms with Gasteiger partial charge in [0.1, 0.15) is 24.4 Å². The number of rotatable bonds is 7. The first-order chi connectivity index (χ1) is 14.1. The van der Waals surface area contributed by atoms with Gasteiger partial charge in [0.2, 0.25) is 0 Å². The first kappa shape index (κ1) is 25.0. The summed E-state index contributed by atoms with van der Waals surface area (Å²) in [5, 5.41) is 39.0. The van der Waals surface area contributed by atoms with E-state index in [9.17, 15) is 20.4 Å². The highest BCUT2D eigenvalue weighted by Crippen LogP contribution is 2.40. The zero-order valence-electron chi connectivity index (χ0n) is 18.8. The molecule has 0 radical (unpaired) electrons. The largest absolute Gasteiger partial charge is 0.394 e. The smallest absolute Gasteiger partial charge is 0.187 e. The van der Waals surface area contributed by atoms with E-state index in [1.807, 2.05) is 25.2 Å². The van der Waals surface area contributed by atoms with Crippen molar-refractivity contribution in [3.63, 3.8) is 0 Å². The summed E-state index contributed by atoms with van der Waals surface area (Å²) in [6, 6.07) is 0. The predicted octanol–water partition coefficient (Wildman–Crippen LogP) is 2.78. The van der Waals surface area contributed by atoms with Crippen molar-refractivity contribution < 1.29 is 29.9 Å². The Morgan fingerprint density at radius 3 is 2.57 bits per heavy atom. The molecule has 1 aliphatic heterocycles. The first-order valence-electron chi connectivity index (χ1n) is 10.8. The summed E-state index contributed by atoms with van der Waals surface area (Å²) in [5.41, 5.74) is 4.20. The monoisotopic (exact) mass is 422 g/mol. The second-order valence-electron chi connectivity index (χ2n) is 9.10. The maximum atomic E-state index is 10.1. The van der Waals surface area contributed by atoms with Gasteiger partial charge in [-0.05, 0) is 51.0 Å². The number of hydrogen-bond donors (Lipinski definition) is 4. The molecular formula is C24H38O6. The number of ether oxygens (including phenoxy) is 2. The third-order valence-corrected chi connectivity index (χ3v) is 5.99. The molecule has 170 valence electrons. The Bertz CT molecular complexity index is 688. The molecule has 1 saturated heterocycles. The van der Waals surface area contributed by atoms with Crippen LogP contribution in [0.2, 0.25) is 0 Å². The topological polar surface area (TPSA) is 99.4 Å². The van der Waals surface area contributed by atoms with Crippen molar-refractivity contribution in [1.82, 2.24) is 0 Å². The fourth-order valence-electron chi connectivity index (χ4n) is 4.08. The number of allylic oxidation sites excluding steroid dienone is 7. The second-order valence-corrected chi connectivity index (χ2v) is 9.10. The van der Waals surface area contributed by atoms with Crippen LogP contribution >= 0.6 is 0 Å². The van der Waals surface area contributed by atoms with Crippen molar-refractivity contribution in [2.24, 2.45) is 5.41 Å². The van der Waals surface area contributed by atoms with Gasteiger partial charge in [-0.25, -0.2) is 0 Å². The zero-order chi connectivity index (χ0) is 22.5. The van der Waals surface area contributed by atoms with Crippen molar-refractivity contribution >= 4 is 0 Å². The van der Waals surface area contributed by atoms with E-state index in [1.54, 1.807) is 6.92 Å². The van der Waals surface area contributed by atoms with Crippen LogP contribution in [0.25, 0.3) is 0 Å². The Balaban J connectivity index is 1.94. The average molecular weight is 423 g/mol. The molecule has 4 N–H and O–H groups in total. The van der Waals surface area contributed by atoms with E-state index < -0.39 is 43.4 Å². The normalized spacial score (nSPS) is 34.2. The Labute approximate surface area is 180 Å². The van der Waals surface area contributed by atoms with Crippen LogP contribution in [0.15, 0.2) is 47.1 Å². The van der Waals surface area contributed by atoms with Crippen molar-refractivity contribution in [2.75, 3.05) is 6.61 Å². The van der Waals surface area contributed by atoms with Gasteiger partial charge in [0.25, 0.3) is 0 Å². The minimum absolute atomic E-state index is 0.211. The van der Waals surface area contributed by atoms with Crippen LogP contribution in [0.5, 0.6) is 0 Å². The molecule has 0 aromatic rings. The SMILES string of the molecule is CC1=C(/C=C/C(C)=C/C=C/C(C)O[C@H]2O[C@H](CO)[C@@H](O)[C@H](O)[C@H]2O)C(C)(C)CCC1. The van der Waals surface area contributed by atoms with Crippen LogP contribution < -0.4 is 0 Å². The highest BCUT2D eigenvalue weighted by atomic mass is 16.7. The van der Waals surface area contributed by atoms with Crippen LogP contribution in [0.4, 0.5) is 0 Å². The van der Waals surface area contributed by atoms with Crippen LogP contribution in [0, 0.1) is 5.41 Å². The number of hydrogen-bond acceptors (Lipinski definition) is 6. The number of aliphatic hydroxyl groups is 4. The summed E-state index contributed by atoms with van der Waals surface area (Å²) in [7, 11) is 0. The Morgan fingerprint density at radius 1 is 1.23 bits per heavy atom. The molecule has 0 aromatic carbocycles. The molecule has 0 bridgehead atoms. The molecule has 6 heteroatoms. The molecule has 1 heterocycles. The minimum atomic E-state index is -1.44. The summed E-state index contributed by atoms with van der Waals surface area (Å²) in [6.45, 7) is 10.2. The van der Waals surface area contributed by atoms with Gasteiger partial charge in [0, 0.05) is 0 Å². The van der Waals surface area contributed by atoms with E-state index in [0.717, 1.165) is 5.57 Å². The van der Waals surface area contributed by atoms with E-state index in [-0.39, 0.29) is 5.41 Å². The molecule has 0 saturated carbocycles. The highest BCUT2D eigenvalue weighted by Gasteiger charge is 2.44. The molecule has 1 aliphatic carbocycles. The van der Waals surface area contributed by atoms with Gasteiger partial charge in [-0.15, -0.1) is 0 Å². The van der Waals surface area contributed by atoms with Crippen LogP contribution in [0.3, 0.4) is 0 Å². The fraction of sp³-hybridized carbons (Fsp3) is 0.667. The molecule has 2 aliphatic rings. The lowest BCUT2D eigenvalue weighted by atomic mass is 9.72. The minimum Gasteiger partial charge on any atom is -0.394 e. The lowest BCUT2D eigenvalue weighted by molar-refractivity contribution is -0.306. The van der Waals surface area contributed by atoms with Gasteiger partial charge in [-0.3, -0.25) is 0 Å². The van der Waals surface area contributed by atoms with Crippen LogP contribution in [-0.2, 0) is 9.47 Å². The van der Waals surface area contributed by atoms with E-state index in [1.165, 1.54) is 30.4 Å². The molecular weight excluding hydrogens is 384 g/mol. The van der Waals surface area contributed by atoms with Crippen molar-refractivity contribution in [3.8, 4) is 0 Å². The van der Waals surface area contributed by atoms with E-state index in [2.05, 4.69) is 32.9 Å². The number of aliphatic hydroxyl groups excluding tert-OH is 4. The Hall–Kier alpha value is -1.28. The summed E-state index contributed by atoms with van der Waals surface area (Å²) in [4.78, 5) is 0. The maximum absolute atomic E-state index is 10.1. The molecule has 0 aromatic heterocycles. The Kier molecular flexibility index (Phi) is 9.03. The van der Waals surface area contributed by atoms with Crippen molar-refractivity contribution in [1.29, 1.82) is 0 Å². The summed E-state index contributed by atoms with van der Waals surface area (Å²) < 4.78 is 11.0. The third kappa shape index (κ3) is 6.36. The highest BCUT2D eigenvalue weighted by molar-refractivity contribution is 5.36. The molecule has 1 fully saturated rings. The summed E-state index contributed by atoms with van der Waals surface area (Å²) in [6.07, 6.45) is 6.92. The third-order valence-electron chi connectivity index (χ3n) is 5.99. The Morgan fingerprint density at radius 2 is 1.93 bits per heavy atom. The first-order valence-corrected chi connectivity index (χ1v) is 10.8. The van der Waals surface area contributed by atoms with Crippen molar-refractivity contribution in [3.05, 3.63) is 47.1 Å². The molecule has 6 atom stereocenters. The van der Waals surface area contributed by atoms with Gasteiger partial charge < -0.3 is 29.9 Å².